The van der Waals surface area contributed by atoms with Crippen LogP contribution >= 0.6 is 0 Å². The van der Waals surface area contributed by atoms with Gasteiger partial charge in [0.1, 0.15) is 0 Å². The van der Waals surface area contributed by atoms with Crippen LogP contribution in [0.2, 0.25) is 0 Å². The summed E-state index contributed by atoms with van der Waals surface area (Å²) in [6, 6.07) is 21.8. The van der Waals surface area contributed by atoms with Crippen LogP contribution in [0.25, 0.3) is 0 Å². The lowest BCUT2D eigenvalue weighted by Gasteiger charge is -2.34. The van der Waals surface area contributed by atoms with Crippen molar-refractivity contribution in [2.24, 2.45) is 0 Å². The number of benzene rings is 3. The molecule has 0 unspecified atom stereocenters. The Hall–Kier alpha value is -3.82. The first-order valence-electron chi connectivity index (χ1n) is 11.2. The van der Waals surface area contributed by atoms with Crippen LogP contribution in [0.1, 0.15) is 36.6 Å². The third kappa shape index (κ3) is 4.24. The first kappa shape index (κ1) is 22.9. The molecule has 5 rings (SSSR count). The minimum atomic E-state index is -3.60. The van der Waals surface area contributed by atoms with Gasteiger partial charge in [-0.3, -0.25) is 19.3 Å². The van der Waals surface area contributed by atoms with E-state index in [1.165, 1.54) is 9.21 Å². The number of amides is 3. The van der Waals surface area contributed by atoms with E-state index in [1.54, 1.807) is 83.8 Å². The van der Waals surface area contributed by atoms with Gasteiger partial charge in [-0.15, -0.1) is 0 Å². The topological polar surface area (TPSA) is 95.1 Å². The van der Waals surface area contributed by atoms with Crippen LogP contribution < -0.4 is 0 Å². The summed E-state index contributed by atoms with van der Waals surface area (Å²) in [5.74, 6) is -0.915. The van der Waals surface area contributed by atoms with E-state index >= 15 is 0 Å². The number of rotatable bonds is 5. The van der Waals surface area contributed by atoms with E-state index in [1.807, 2.05) is 0 Å². The summed E-state index contributed by atoms with van der Waals surface area (Å²) in [4.78, 5) is 41.5. The predicted octanol–water partition coefficient (Wildman–Crippen LogP) is 2.63. The largest absolute Gasteiger partial charge is 0.336 e. The number of imide groups is 1. The van der Waals surface area contributed by atoms with Crippen molar-refractivity contribution in [3.05, 3.63) is 101 Å². The van der Waals surface area contributed by atoms with Crippen molar-refractivity contribution in [1.82, 2.24) is 14.1 Å². The summed E-state index contributed by atoms with van der Waals surface area (Å²) < 4.78 is 27.1. The molecule has 8 nitrogen and oxygen atoms in total. The Morgan fingerprint density at radius 2 is 1.34 bits per heavy atom. The zero-order valence-electron chi connectivity index (χ0n) is 18.8. The number of hydrogen-bond acceptors (Lipinski definition) is 5. The molecule has 2 aliphatic heterocycles. The van der Waals surface area contributed by atoms with E-state index in [0.29, 0.717) is 22.3 Å². The van der Waals surface area contributed by atoms with E-state index in [-0.39, 0.29) is 55.3 Å². The van der Waals surface area contributed by atoms with Crippen LogP contribution in [0, 0.1) is 0 Å². The lowest BCUT2D eigenvalue weighted by molar-refractivity contribution is 0.0642. The highest BCUT2D eigenvalue weighted by atomic mass is 32.2. The molecular formula is C26H23N3O5S. The number of hydrogen-bond donors (Lipinski definition) is 0. The summed E-state index contributed by atoms with van der Waals surface area (Å²) in [6.45, 7) is 1.02. The summed E-state index contributed by atoms with van der Waals surface area (Å²) in [5.41, 5.74) is 1.86. The van der Waals surface area contributed by atoms with Crippen molar-refractivity contribution < 1.29 is 22.8 Å². The molecule has 3 aromatic rings. The van der Waals surface area contributed by atoms with Crippen molar-refractivity contribution in [1.29, 1.82) is 0 Å². The highest BCUT2D eigenvalue weighted by molar-refractivity contribution is 7.89. The molecule has 0 atom stereocenters. The minimum absolute atomic E-state index is 0.0660. The second kappa shape index (κ2) is 9.09. The Morgan fingerprint density at radius 1 is 0.743 bits per heavy atom. The smallest absolute Gasteiger partial charge is 0.261 e. The first-order valence-corrected chi connectivity index (χ1v) is 12.7. The summed E-state index contributed by atoms with van der Waals surface area (Å²) in [6.07, 6.45) is 0. The van der Waals surface area contributed by atoms with Gasteiger partial charge in [-0.05, 0) is 42.0 Å². The fourth-order valence-electron chi connectivity index (χ4n) is 4.42. The van der Waals surface area contributed by atoms with Gasteiger partial charge < -0.3 is 4.90 Å². The molecule has 2 heterocycles. The third-order valence-corrected chi connectivity index (χ3v) is 8.21. The van der Waals surface area contributed by atoms with Crippen LogP contribution in [0.5, 0.6) is 0 Å². The highest BCUT2D eigenvalue weighted by Gasteiger charge is 2.35. The first-order chi connectivity index (χ1) is 16.9. The third-order valence-electron chi connectivity index (χ3n) is 6.30. The lowest BCUT2D eigenvalue weighted by atomic mass is 10.1. The summed E-state index contributed by atoms with van der Waals surface area (Å²) in [7, 11) is -3.60. The van der Waals surface area contributed by atoms with Crippen LogP contribution in [0.15, 0.2) is 83.8 Å². The van der Waals surface area contributed by atoms with Gasteiger partial charge in [0.25, 0.3) is 17.7 Å². The van der Waals surface area contributed by atoms with Gasteiger partial charge >= 0.3 is 0 Å². The normalized spacial score (nSPS) is 16.5. The molecule has 178 valence electrons. The number of piperazine rings is 1. The molecular weight excluding hydrogens is 466 g/mol. The van der Waals surface area contributed by atoms with E-state index in [4.69, 9.17) is 0 Å². The molecule has 0 bridgehead atoms. The van der Waals surface area contributed by atoms with Gasteiger partial charge in [0.2, 0.25) is 10.0 Å². The molecule has 0 aromatic heterocycles. The average Bonchev–Trinajstić information content (AvgIpc) is 3.14. The van der Waals surface area contributed by atoms with Crippen LogP contribution in [0.3, 0.4) is 0 Å². The molecule has 0 aliphatic carbocycles. The number of carbonyl (C=O) groups is 3. The number of carbonyl (C=O) groups excluding carboxylic acids is 3. The Labute approximate surface area is 203 Å². The van der Waals surface area contributed by atoms with Gasteiger partial charge in [-0.2, -0.15) is 4.31 Å². The van der Waals surface area contributed by atoms with Crippen molar-refractivity contribution >= 4 is 27.7 Å². The van der Waals surface area contributed by atoms with Gasteiger partial charge in [0.05, 0.1) is 22.6 Å². The average molecular weight is 490 g/mol. The van der Waals surface area contributed by atoms with E-state index in [0.717, 1.165) is 0 Å². The molecule has 0 saturated carbocycles. The molecule has 0 N–H and O–H groups in total. The van der Waals surface area contributed by atoms with E-state index in [9.17, 15) is 22.8 Å². The number of fused-ring (bicyclic) bond motifs is 1. The Balaban J connectivity index is 1.26. The fourth-order valence-corrected chi connectivity index (χ4v) is 5.87. The van der Waals surface area contributed by atoms with E-state index in [2.05, 4.69) is 0 Å². The zero-order chi connectivity index (χ0) is 24.6. The van der Waals surface area contributed by atoms with Crippen molar-refractivity contribution in [3.63, 3.8) is 0 Å². The monoisotopic (exact) mass is 489 g/mol. The fraction of sp³-hybridized carbons (Fsp3) is 0.192. The number of sulfonamides is 1. The Kier molecular flexibility index (Phi) is 5.96. The van der Waals surface area contributed by atoms with Gasteiger partial charge in [0.15, 0.2) is 0 Å². The molecule has 2 aliphatic rings. The van der Waals surface area contributed by atoms with Gasteiger partial charge in [0, 0.05) is 31.7 Å². The van der Waals surface area contributed by atoms with E-state index < -0.39 is 10.0 Å². The minimum Gasteiger partial charge on any atom is -0.336 e. The van der Waals surface area contributed by atoms with Crippen LogP contribution in [-0.4, -0.2) is 66.4 Å². The maximum atomic E-state index is 13.1. The van der Waals surface area contributed by atoms with Crippen molar-refractivity contribution in [2.75, 3.05) is 26.2 Å². The zero-order valence-corrected chi connectivity index (χ0v) is 19.6. The molecule has 9 heteroatoms. The molecule has 1 fully saturated rings. The quantitative estimate of drug-likeness (QED) is 0.514. The molecule has 3 aromatic carbocycles. The molecule has 1 saturated heterocycles. The Morgan fingerprint density at radius 3 is 1.97 bits per heavy atom. The molecule has 0 spiro atoms. The predicted molar refractivity (Wildman–Crippen MR) is 128 cm³/mol. The van der Waals surface area contributed by atoms with Gasteiger partial charge in [-0.1, -0.05) is 42.5 Å². The second-order valence-electron chi connectivity index (χ2n) is 8.45. The summed E-state index contributed by atoms with van der Waals surface area (Å²) in [5, 5.41) is 0. The van der Waals surface area contributed by atoms with Crippen LogP contribution in [-0.2, 0) is 16.6 Å². The molecule has 35 heavy (non-hydrogen) atoms. The standard InChI is InChI=1S/C26H23N3O5S/c30-24(27-13-15-28(16-14-27)35(33,34)21-9-2-1-3-10-21)20-8-6-7-19(17-20)18-29-25(31)22-11-4-5-12-23(22)26(29)32/h1-12,17H,13-16,18H2. The maximum Gasteiger partial charge on any atom is 0.261 e. The van der Waals surface area contributed by atoms with Crippen molar-refractivity contribution in [2.45, 2.75) is 11.4 Å². The lowest BCUT2D eigenvalue weighted by Crippen LogP contribution is -2.50. The highest BCUT2D eigenvalue weighted by Crippen LogP contribution is 2.25. The second-order valence-corrected chi connectivity index (χ2v) is 10.4. The van der Waals surface area contributed by atoms with Gasteiger partial charge in [-0.25, -0.2) is 8.42 Å². The van der Waals surface area contributed by atoms with Crippen LogP contribution in [0.4, 0.5) is 0 Å². The molecule has 0 radical (unpaired) electrons. The van der Waals surface area contributed by atoms with Crippen molar-refractivity contribution in [3.8, 4) is 0 Å². The summed E-state index contributed by atoms with van der Waals surface area (Å²) >= 11 is 0. The SMILES string of the molecule is O=C(c1cccc(CN2C(=O)c3ccccc3C2=O)c1)N1CCN(S(=O)(=O)c2ccccc2)CC1. The molecule has 3 amide bonds. The Bertz CT molecular complexity index is 1380. The number of nitrogens with zero attached hydrogens (tertiary/aromatic N) is 3. The maximum absolute atomic E-state index is 13.1.